The largest absolute Gasteiger partial charge is 0.478 e. The van der Waals surface area contributed by atoms with Crippen LogP contribution in [0.15, 0.2) is 23.2 Å². The number of non-ortho nitro benzene ring substituents is 1. The molecule has 7 heteroatoms. The fourth-order valence-corrected chi connectivity index (χ4v) is 1.05. The number of nitrogens with zero attached hydrogens (tertiary/aromatic N) is 2. The Morgan fingerprint density at radius 1 is 1.60 bits per heavy atom. The van der Waals surface area contributed by atoms with Crippen LogP contribution in [0.1, 0.15) is 10.4 Å². The van der Waals surface area contributed by atoms with Gasteiger partial charge in [-0.25, -0.2) is 4.79 Å². The Balaban J connectivity index is 3.39. The van der Waals surface area contributed by atoms with Gasteiger partial charge in [0.25, 0.3) is 5.69 Å². The molecule has 0 aliphatic heterocycles. The molecule has 0 spiro atoms. The van der Waals surface area contributed by atoms with Crippen LogP contribution in [0.3, 0.4) is 0 Å². The zero-order valence-corrected chi connectivity index (χ0v) is 8.02. The third-order valence-electron chi connectivity index (χ3n) is 1.59. The highest BCUT2D eigenvalue weighted by atomic mass is 32.1. The summed E-state index contributed by atoms with van der Waals surface area (Å²) < 4.78 is 0. The van der Waals surface area contributed by atoms with Gasteiger partial charge in [0.05, 0.1) is 21.3 Å². The maximum atomic E-state index is 10.7. The topological polar surface area (TPSA) is 92.8 Å². The molecule has 0 saturated heterocycles. The summed E-state index contributed by atoms with van der Waals surface area (Å²) in [6, 6.07) is 3.28. The van der Waals surface area contributed by atoms with Gasteiger partial charge in [-0.2, -0.15) is 4.99 Å². The first kappa shape index (κ1) is 11.0. The number of nitro benzene ring substituents is 1. The van der Waals surface area contributed by atoms with Crippen molar-refractivity contribution in [3.8, 4) is 0 Å². The molecule has 6 nitrogen and oxygen atoms in total. The van der Waals surface area contributed by atoms with Crippen LogP contribution in [0, 0.1) is 10.1 Å². The second-order valence-corrected chi connectivity index (χ2v) is 2.65. The summed E-state index contributed by atoms with van der Waals surface area (Å²) in [5, 5.41) is 21.1. The van der Waals surface area contributed by atoms with E-state index in [1.807, 2.05) is 5.16 Å². The van der Waals surface area contributed by atoms with Gasteiger partial charge in [-0.05, 0) is 18.3 Å². The minimum Gasteiger partial charge on any atom is -0.478 e. The lowest BCUT2D eigenvalue weighted by Gasteiger charge is -1.98. The smallest absolute Gasteiger partial charge is 0.338 e. The van der Waals surface area contributed by atoms with Gasteiger partial charge in [0, 0.05) is 12.1 Å². The molecule has 0 aliphatic carbocycles. The molecule has 0 aliphatic rings. The number of thiocarbonyl (C=S) groups is 1. The normalized spacial score (nSPS) is 9.07. The molecule has 0 amide bonds. The van der Waals surface area contributed by atoms with Gasteiger partial charge < -0.3 is 5.11 Å². The minimum absolute atomic E-state index is 0.0445. The van der Waals surface area contributed by atoms with Gasteiger partial charge in [0.1, 0.15) is 0 Å². The number of benzene rings is 1. The lowest BCUT2D eigenvalue weighted by atomic mass is 10.1. The van der Waals surface area contributed by atoms with Crippen LogP contribution in [0.4, 0.5) is 11.4 Å². The SMILES string of the molecule is O=C(O)c1cc([N+](=O)[O-])ccc1N=C=S. The molecule has 1 N–H and O–H groups in total. The van der Waals surface area contributed by atoms with Crippen LogP contribution in [0.25, 0.3) is 0 Å². The Morgan fingerprint density at radius 2 is 2.27 bits per heavy atom. The van der Waals surface area contributed by atoms with Gasteiger partial charge in [-0.1, -0.05) is 0 Å². The molecule has 0 atom stereocenters. The molecule has 0 aromatic heterocycles. The Bertz CT molecular complexity index is 480. The average molecular weight is 224 g/mol. The molecule has 15 heavy (non-hydrogen) atoms. The maximum absolute atomic E-state index is 10.7. The quantitative estimate of drug-likeness (QED) is 0.367. The number of carbonyl (C=O) groups is 1. The van der Waals surface area contributed by atoms with Crippen molar-refractivity contribution in [3.63, 3.8) is 0 Å². The van der Waals surface area contributed by atoms with E-state index in [0.29, 0.717) is 0 Å². The van der Waals surface area contributed by atoms with Gasteiger partial charge in [0.15, 0.2) is 0 Å². The summed E-state index contributed by atoms with van der Waals surface area (Å²) in [6.45, 7) is 0. The first-order chi connectivity index (χ1) is 7.06. The molecule has 0 heterocycles. The van der Waals surface area contributed by atoms with Crippen LogP contribution in [-0.4, -0.2) is 21.2 Å². The molecular weight excluding hydrogens is 220 g/mol. The van der Waals surface area contributed by atoms with Gasteiger partial charge >= 0.3 is 5.97 Å². The first-order valence-corrected chi connectivity index (χ1v) is 4.06. The van der Waals surface area contributed by atoms with E-state index in [1.54, 1.807) is 0 Å². The van der Waals surface area contributed by atoms with Crippen molar-refractivity contribution in [1.29, 1.82) is 0 Å². The number of rotatable bonds is 3. The van der Waals surface area contributed by atoms with Crippen LogP contribution in [-0.2, 0) is 0 Å². The van der Waals surface area contributed by atoms with E-state index in [9.17, 15) is 14.9 Å². The number of aromatic carboxylic acids is 1. The van der Waals surface area contributed by atoms with E-state index in [2.05, 4.69) is 17.2 Å². The molecule has 1 aromatic rings. The highest BCUT2D eigenvalue weighted by molar-refractivity contribution is 7.78. The number of hydrogen-bond donors (Lipinski definition) is 1. The molecule has 0 bridgehead atoms. The summed E-state index contributed by atoms with van der Waals surface area (Å²) in [5.74, 6) is -1.30. The van der Waals surface area contributed by atoms with E-state index < -0.39 is 10.9 Å². The third-order valence-corrected chi connectivity index (χ3v) is 1.68. The molecule has 0 radical (unpaired) electrons. The fourth-order valence-electron chi connectivity index (χ4n) is 0.956. The molecule has 0 unspecified atom stereocenters. The molecule has 1 rings (SSSR count). The van der Waals surface area contributed by atoms with Crippen LogP contribution >= 0.6 is 12.2 Å². The molecule has 0 saturated carbocycles. The van der Waals surface area contributed by atoms with E-state index >= 15 is 0 Å². The van der Waals surface area contributed by atoms with Crippen molar-refractivity contribution in [1.82, 2.24) is 0 Å². The summed E-state index contributed by atoms with van der Waals surface area (Å²) in [4.78, 5) is 23.9. The lowest BCUT2D eigenvalue weighted by molar-refractivity contribution is -0.384. The summed E-state index contributed by atoms with van der Waals surface area (Å²) >= 11 is 4.32. The minimum atomic E-state index is -1.30. The maximum Gasteiger partial charge on any atom is 0.338 e. The highest BCUT2D eigenvalue weighted by Gasteiger charge is 2.15. The average Bonchev–Trinajstić information content (AvgIpc) is 2.18. The number of carboxylic acids is 1. The molecule has 1 aromatic carbocycles. The number of hydrogen-bond acceptors (Lipinski definition) is 5. The summed E-state index contributed by atoms with van der Waals surface area (Å²) in [5.41, 5.74) is -0.541. The first-order valence-electron chi connectivity index (χ1n) is 3.66. The van der Waals surface area contributed by atoms with Crippen molar-refractivity contribution in [2.24, 2.45) is 4.99 Å². The van der Waals surface area contributed by atoms with E-state index in [0.717, 1.165) is 12.1 Å². The Morgan fingerprint density at radius 3 is 2.73 bits per heavy atom. The second kappa shape index (κ2) is 4.41. The number of nitro groups is 1. The zero-order chi connectivity index (χ0) is 11.4. The van der Waals surface area contributed by atoms with Crippen molar-refractivity contribution in [3.05, 3.63) is 33.9 Å². The number of isothiocyanates is 1. The van der Waals surface area contributed by atoms with E-state index in [-0.39, 0.29) is 16.9 Å². The summed E-state index contributed by atoms with van der Waals surface area (Å²) in [7, 11) is 0. The summed E-state index contributed by atoms with van der Waals surface area (Å²) in [6.07, 6.45) is 0. The van der Waals surface area contributed by atoms with Crippen LogP contribution in [0.2, 0.25) is 0 Å². The molecule has 0 fully saturated rings. The van der Waals surface area contributed by atoms with Crippen molar-refractivity contribution >= 4 is 34.7 Å². The highest BCUT2D eigenvalue weighted by Crippen LogP contribution is 2.24. The standard InChI is InChI=1S/C8H4N2O4S/c11-8(12)6-3-5(10(13)14)1-2-7(6)9-4-15/h1-3H,(H,11,12). The lowest BCUT2D eigenvalue weighted by Crippen LogP contribution is -1.98. The number of carboxylic acid groups (broad SMARTS) is 1. The van der Waals surface area contributed by atoms with Gasteiger partial charge in [-0.15, -0.1) is 0 Å². The predicted octanol–water partition coefficient (Wildman–Crippen LogP) is 2.03. The van der Waals surface area contributed by atoms with Crippen molar-refractivity contribution in [2.75, 3.05) is 0 Å². The zero-order valence-electron chi connectivity index (χ0n) is 7.21. The Hall–Kier alpha value is -2.11. The van der Waals surface area contributed by atoms with Crippen molar-refractivity contribution < 1.29 is 14.8 Å². The number of aliphatic imine (C=N–C) groups is 1. The Kier molecular flexibility index (Phi) is 3.22. The van der Waals surface area contributed by atoms with E-state index in [4.69, 9.17) is 5.11 Å². The third kappa shape index (κ3) is 2.43. The predicted molar refractivity (Wildman–Crippen MR) is 54.7 cm³/mol. The second-order valence-electron chi connectivity index (χ2n) is 2.47. The fraction of sp³-hybridized carbons (Fsp3) is 0. The Labute approximate surface area is 89.0 Å². The van der Waals surface area contributed by atoms with Crippen LogP contribution in [0.5, 0.6) is 0 Å². The molecule has 76 valence electrons. The molecular formula is C8H4N2O4S. The monoisotopic (exact) mass is 224 g/mol. The van der Waals surface area contributed by atoms with Crippen molar-refractivity contribution in [2.45, 2.75) is 0 Å². The van der Waals surface area contributed by atoms with Gasteiger partial charge in [-0.3, -0.25) is 10.1 Å². The van der Waals surface area contributed by atoms with Crippen LogP contribution < -0.4 is 0 Å². The van der Waals surface area contributed by atoms with E-state index in [1.165, 1.54) is 6.07 Å². The van der Waals surface area contributed by atoms with Gasteiger partial charge in [0.2, 0.25) is 0 Å².